The summed E-state index contributed by atoms with van der Waals surface area (Å²) in [5.41, 5.74) is -1.28. The number of nitrogens with one attached hydrogen (secondary N) is 1. The number of aromatic amines is 1. The van der Waals surface area contributed by atoms with Crippen LogP contribution in [0.5, 0.6) is 0 Å². The van der Waals surface area contributed by atoms with Crippen molar-refractivity contribution in [1.29, 1.82) is 0 Å². The van der Waals surface area contributed by atoms with Crippen molar-refractivity contribution in [3.63, 3.8) is 0 Å². The first kappa shape index (κ1) is 11.2. The van der Waals surface area contributed by atoms with Crippen LogP contribution >= 0.6 is 0 Å². The lowest BCUT2D eigenvalue weighted by atomic mass is 9.71. The number of aliphatic hydroxyl groups is 1. The van der Waals surface area contributed by atoms with Gasteiger partial charge < -0.3 is 14.6 Å². The molecule has 0 amide bonds. The molecule has 4 fully saturated rings. The first-order chi connectivity index (χ1) is 9.52. The zero-order valence-corrected chi connectivity index (χ0v) is 10.8. The van der Waals surface area contributed by atoms with Crippen LogP contribution < -0.4 is 11.2 Å². The van der Waals surface area contributed by atoms with Gasteiger partial charge in [0.25, 0.3) is 5.56 Å². The summed E-state index contributed by atoms with van der Waals surface area (Å²) in [6.45, 7) is 2.25. The van der Waals surface area contributed by atoms with Gasteiger partial charge in [-0.15, -0.1) is 0 Å². The lowest BCUT2D eigenvalue weighted by Crippen LogP contribution is -2.39. The van der Waals surface area contributed by atoms with E-state index in [1.165, 1.54) is 10.8 Å². The van der Waals surface area contributed by atoms with Crippen LogP contribution in [0.4, 0.5) is 0 Å². The molecule has 6 atom stereocenters. The van der Waals surface area contributed by atoms with Gasteiger partial charge in [-0.25, -0.2) is 4.79 Å². The van der Waals surface area contributed by atoms with E-state index in [1.54, 1.807) is 6.92 Å². The monoisotopic (exact) mass is 278 g/mol. The van der Waals surface area contributed by atoms with Crippen LogP contribution in [-0.2, 0) is 9.47 Å². The average Bonchev–Trinajstić information content (AvgIpc) is 2.63. The van der Waals surface area contributed by atoms with Crippen LogP contribution in [0.15, 0.2) is 15.8 Å². The van der Waals surface area contributed by atoms with Crippen molar-refractivity contribution >= 4 is 0 Å². The normalized spacial score (nSPS) is 50.5. The third-order valence-electron chi connectivity index (χ3n) is 5.73. The molecule has 0 aromatic carbocycles. The summed E-state index contributed by atoms with van der Waals surface area (Å²) in [6.07, 6.45) is 0.946. The van der Waals surface area contributed by atoms with Gasteiger partial charge in [0.15, 0.2) is 6.23 Å². The second kappa shape index (κ2) is 2.93. The Hall–Kier alpha value is -1.44. The molecule has 0 radical (unpaired) electrons. The SMILES string of the molecule is Cc1cn([C@@H]2O[C@@]34CC5CO[C@@H]2[C@]53C4O)c(=O)[nH]c1=O. The van der Waals surface area contributed by atoms with E-state index < -0.39 is 23.6 Å². The van der Waals surface area contributed by atoms with Crippen LogP contribution in [-0.4, -0.2) is 39.1 Å². The second-order valence-corrected chi connectivity index (χ2v) is 6.37. The number of aryl methyl sites for hydroxylation is 1. The molecule has 2 aliphatic heterocycles. The largest absolute Gasteiger partial charge is 0.389 e. The van der Waals surface area contributed by atoms with Gasteiger partial charge in [0, 0.05) is 11.8 Å². The third-order valence-corrected chi connectivity index (χ3v) is 5.73. The number of nitrogens with zero attached hydrogens (tertiary/aromatic N) is 1. The zero-order valence-electron chi connectivity index (χ0n) is 10.8. The number of ether oxygens (including phenoxy) is 2. The minimum absolute atomic E-state index is 0.306. The van der Waals surface area contributed by atoms with E-state index in [9.17, 15) is 14.7 Å². The lowest BCUT2D eigenvalue weighted by molar-refractivity contribution is -0.133. The fourth-order valence-electron chi connectivity index (χ4n) is 4.77. The number of hydrogen-bond acceptors (Lipinski definition) is 5. The predicted octanol–water partition coefficient (Wildman–Crippen LogP) is -1.11. The smallest absolute Gasteiger partial charge is 0.330 e. The molecule has 3 heterocycles. The summed E-state index contributed by atoms with van der Waals surface area (Å²) < 4.78 is 13.2. The van der Waals surface area contributed by atoms with Gasteiger partial charge in [-0.1, -0.05) is 0 Å². The molecule has 2 saturated heterocycles. The maximum Gasteiger partial charge on any atom is 0.330 e. The molecule has 2 unspecified atom stereocenters. The van der Waals surface area contributed by atoms with Crippen molar-refractivity contribution in [1.82, 2.24) is 9.55 Å². The Morgan fingerprint density at radius 3 is 3.10 bits per heavy atom. The van der Waals surface area contributed by atoms with Gasteiger partial charge in [-0.3, -0.25) is 14.3 Å². The third kappa shape index (κ3) is 0.853. The van der Waals surface area contributed by atoms with Crippen molar-refractivity contribution in [2.24, 2.45) is 11.3 Å². The number of rotatable bonds is 1. The van der Waals surface area contributed by atoms with Gasteiger partial charge in [0.1, 0.15) is 11.7 Å². The lowest BCUT2D eigenvalue weighted by Gasteiger charge is -2.31. The summed E-state index contributed by atoms with van der Waals surface area (Å²) in [7, 11) is 0. The van der Waals surface area contributed by atoms with Crippen LogP contribution in [0.3, 0.4) is 0 Å². The molecule has 2 saturated carbocycles. The number of hydrogen-bond donors (Lipinski definition) is 2. The van der Waals surface area contributed by atoms with Crippen molar-refractivity contribution in [2.75, 3.05) is 6.61 Å². The second-order valence-electron chi connectivity index (χ2n) is 6.37. The number of H-pyrrole nitrogens is 1. The summed E-state index contributed by atoms with van der Waals surface area (Å²) in [4.78, 5) is 25.7. The van der Waals surface area contributed by atoms with Gasteiger partial charge in [0.05, 0.1) is 18.1 Å². The molecule has 0 bridgehead atoms. The highest BCUT2D eigenvalue weighted by Gasteiger charge is 2.97. The zero-order chi connectivity index (χ0) is 13.9. The molecule has 7 heteroatoms. The highest BCUT2D eigenvalue weighted by atomic mass is 16.6. The fourth-order valence-corrected chi connectivity index (χ4v) is 4.77. The van der Waals surface area contributed by atoms with Crippen LogP contribution in [0.1, 0.15) is 18.2 Å². The quantitative estimate of drug-likeness (QED) is 0.679. The van der Waals surface area contributed by atoms with E-state index >= 15 is 0 Å². The molecule has 1 aromatic heterocycles. The number of aliphatic hydroxyl groups excluding tert-OH is 1. The Morgan fingerprint density at radius 1 is 1.50 bits per heavy atom. The van der Waals surface area contributed by atoms with Crippen LogP contribution in [0, 0.1) is 18.3 Å². The average molecular weight is 278 g/mol. The molecule has 4 aliphatic rings. The molecular weight excluding hydrogens is 264 g/mol. The standard InChI is InChI=1S/C13H14N2O5/c1-5-3-15(11(18)14-8(5)16)9-7-13-6(4-19-7)2-12(13,20-9)10(13)17/h3,6-7,9-10,17H,2,4H2,1H3,(H,14,16,18)/t6?,7-,9+,10?,12+,13-/m0/s1. The van der Waals surface area contributed by atoms with Crippen molar-refractivity contribution < 1.29 is 14.6 Å². The fraction of sp³-hybridized carbons (Fsp3) is 0.692. The Labute approximate surface area is 113 Å². The molecule has 1 spiro atoms. The van der Waals surface area contributed by atoms with Gasteiger partial charge in [-0.2, -0.15) is 0 Å². The first-order valence-electron chi connectivity index (χ1n) is 6.82. The summed E-state index contributed by atoms with van der Waals surface area (Å²) in [6, 6.07) is 0. The molecular formula is C13H14N2O5. The van der Waals surface area contributed by atoms with E-state index in [-0.39, 0.29) is 17.1 Å². The Kier molecular flexibility index (Phi) is 1.65. The molecule has 1 aromatic rings. The highest BCUT2D eigenvalue weighted by Crippen LogP contribution is 2.85. The van der Waals surface area contributed by atoms with E-state index in [1.807, 2.05) is 0 Å². The van der Waals surface area contributed by atoms with E-state index in [4.69, 9.17) is 9.47 Å². The first-order valence-corrected chi connectivity index (χ1v) is 6.82. The van der Waals surface area contributed by atoms with Crippen molar-refractivity contribution in [3.8, 4) is 0 Å². The topological polar surface area (TPSA) is 93.6 Å². The van der Waals surface area contributed by atoms with Gasteiger partial charge >= 0.3 is 5.69 Å². The van der Waals surface area contributed by atoms with E-state index in [2.05, 4.69) is 4.98 Å². The Morgan fingerprint density at radius 2 is 2.30 bits per heavy atom. The molecule has 7 nitrogen and oxygen atoms in total. The minimum Gasteiger partial charge on any atom is -0.389 e. The molecule has 5 rings (SSSR count). The molecule has 20 heavy (non-hydrogen) atoms. The van der Waals surface area contributed by atoms with Gasteiger partial charge in [-0.05, 0) is 19.3 Å². The molecule has 106 valence electrons. The van der Waals surface area contributed by atoms with Crippen molar-refractivity contribution in [3.05, 3.63) is 32.6 Å². The predicted molar refractivity (Wildman–Crippen MR) is 65.2 cm³/mol. The van der Waals surface area contributed by atoms with Crippen LogP contribution in [0.2, 0.25) is 0 Å². The maximum absolute atomic E-state index is 12.0. The summed E-state index contributed by atoms with van der Waals surface area (Å²) in [5, 5.41) is 10.2. The van der Waals surface area contributed by atoms with Crippen molar-refractivity contribution in [2.45, 2.75) is 37.4 Å². The van der Waals surface area contributed by atoms with E-state index in [0.29, 0.717) is 18.1 Å². The molecule has 2 N–H and O–H groups in total. The summed E-state index contributed by atoms with van der Waals surface area (Å²) in [5.74, 6) is 0.326. The maximum atomic E-state index is 12.0. The Bertz CT molecular complexity index is 750. The molecule has 2 aliphatic carbocycles. The van der Waals surface area contributed by atoms with Crippen LogP contribution in [0.25, 0.3) is 0 Å². The number of aromatic nitrogens is 2. The minimum atomic E-state index is -0.561. The highest BCUT2D eigenvalue weighted by molar-refractivity contribution is 5.43. The van der Waals surface area contributed by atoms with Gasteiger partial charge in [0.2, 0.25) is 0 Å². The Balaban J connectivity index is 1.64. The summed E-state index contributed by atoms with van der Waals surface area (Å²) >= 11 is 0. The van der Waals surface area contributed by atoms with E-state index in [0.717, 1.165) is 6.42 Å².